The summed E-state index contributed by atoms with van der Waals surface area (Å²) in [6.45, 7) is 4.77. The third-order valence-corrected chi connectivity index (χ3v) is 3.11. The van der Waals surface area contributed by atoms with Crippen LogP contribution in [0.4, 0.5) is 0 Å². The standard InChI is InChI=1S/C14H20ClNO2/c1-14(2,8-10-17)16-9-7-13(18)11-3-5-12(15)6-4-11/h3-6,16-17H,7-10H2,1-2H3. The Morgan fingerprint density at radius 2 is 1.94 bits per heavy atom. The van der Waals surface area contributed by atoms with Gasteiger partial charge in [0, 0.05) is 35.7 Å². The van der Waals surface area contributed by atoms with E-state index in [-0.39, 0.29) is 17.9 Å². The number of ketones is 1. The highest BCUT2D eigenvalue weighted by molar-refractivity contribution is 6.30. The molecule has 0 fully saturated rings. The van der Waals surface area contributed by atoms with Crippen LogP contribution >= 0.6 is 11.6 Å². The van der Waals surface area contributed by atoms with Crippen molar-refractivity contribution in [3.63, 3.8) is 0 Å². The third-order valence-electron chi connectivity index (χ3n) is 2.86. The van der Waals surface area contributed by atoms with Gasteiger partial charge in [0.25, 0.3) is 0 Å². The highest BCUT2D eigenvalue weighted by Crippen LogP contribution is 2.12. The number of aliphatic hydroxyl groups is 1. The highest BCUT2D eigenvalue weighted by atomic mass is 35.5. The molecule has 0 heterocycles. The molecule has 2 N–H and O–H groups in total. The molecule has 0 radical (unpaired) electrons. The second-order valence-corrected chi connectivity index (χ2v) is 5.40. The van der Waals surface area contributed by atoms with Crippen molar-refractivity contribution in [1.82, 2.24) is 5.32 Å². The summed E-state index contributed by atoms with van der Waals surface area (Å²) in [5.74, 6) is 0.0963. The minimum absolute atomic E-state index is 0.0963. The number of hydrogen-bond donors (Lipinski definition) is 2. The normalized spacial score (nSPS) is 11.6. The van der Waals surface area contributed by atoms with Crippen LogP contribution in [0.5, 0.6) is 0 Å². The fourth-order valence-corrected chi connectivity index (χ4v) is 1.79. The molecule has 1 aromatic carbocycles. The van der Waals surface area contributed by atoms with E-state index in [0.29, 0.717) is 30.0 Å². The van der Waals surface area contributed by atoms with Crippen LogP contribution < -0.4 is 5.32 Å². The van der Waals surface area contributed by atoms with Crippen LogP contribution in [-0.4, -0.2) is 29.6 Å². The first-order valence-corrected chi connectivity index (χ1v) is 6.47. The van der Waals surface area contributed by atoms with Gasteiger partial charge in [-0.1, -0.05) is 11.6 Å². The van der Waals surface area contributed by atoms with Gasteiger partial charge in [-0.15, -0.1) is 0 Å². The summed E-state index contributed by atoms with van der Waals surface area (Å²) in [7, 11) is 0. The van der Waals surface area contributed by atoms with Crippen LogP contribution in [0.2, 0.25) is 5.02 Å². The van der Waals surface area contributed by atoms with Crippen LogP contribution in [0.3, 0.4) is 0 Å². The Hall–Kier alpha value is -0.900. The molecule has 0 amide bonds. The Bertz CT molecular complexity index is 387. The zero-order chi connectivity index (χ0) is 13.6. The first kappa shape index (κ1) is 15.2. The van der Waals surface area contributed by atoms with Gasteiger partial charge in [0.15, 0.2) is 5.78 Å². The summed E-state index contributed by atoms with van der Waals surface area (Å²) in [6.07, 6.45) is 1.11. The highest BCUT2D eigenvalue weighted by Gasteiger charge is 2.16. The van der Waals surface area contributed by atoms with Crippen molar-refractivity contribution in [3.05, 3.63) is 34.9 Å². The van der Waals surface area contributed by atoms with Gasteiger partial charge in [0.1, 0.15) is 0 Å². The Balaban J connectivity index is 2.40. The van der Waals surface area contributed by atoms with E-state index in [1.54, 1.807) is 24.3 Å². The van der Waals surface area contributed by atoms with E-state index in [9.17, 15) is 4.79 Å². The molecule has 0 aliphatic rings. The van der Waals surface area contributed by atoms with E-state index in [1.165, 1.54) is 0 Å². The van der Waals surface area contributed by atoms with Crippen LogP contribution in [-0.2, 0) is 0 Å². The summed E-state index contributed by atoms with van der Waals surface area (Å²) >= 11 is 5.77. The Morgan fingerprint density at radius 3 is 2.50 bits per heavy atom. The minimum atomic E-state index is -0.144. The summed E-state index contributed by atoms with van der Waals surface area (Å²) in [6, 6.07) is 6.92. The zero-order valence-corrected chi connectivity index (χ0v) is 11.6. The zero-order valence-electron chi connectivity index (χ0n) is 10.9. The van der Waals surface area contributed by atoms with E-state index in [1.807, 2.05) is 13.8 Å². The van der Waals surface area contributed by atoms with Gasteiger partial charge in [0.2, 0.25) is 0 Å². The fraction of sp³-hybridized carbons (Fsp3) is 0.500. The lowest BCUT2D eigenvalue weighted by atomic mass is 10.0. The van der Waals surface area contributed by atoms with Gasteiger partial charge in [0.05, 0.1) is 0 Å². The molecule has 0 atom stereocenters. The van der Waals surface area contributed by atoms with Crippen molar-refractivity contribution < 1.29 is 9.90 Å². The number of nitrogens with one attached hydrogen (secondary N) is 1. The number of aliphatic hydroxyl groups excluding tert-OH is 1. The lowest BCUT2D eigenvalue weighted by molar-refractivity contribution is 0.0979. The summed E-state index contributed by atoms with van der Waals surface area (Å²) < 4.78 is 0. The largest absolute Gasteiger partial charge is 0.396 e. The van der Waals surface area contributed by atoms with Gasteiger partial charge < -0.3 is 10.4 Å². The topological polar surface area (TPSA) is 49.3 Å². The van der Waals surface area contributed by atoms with Crippen molar-refractivity contribution in [3.8, 4) is 0 Å². The molecule has 0 saturated carbocycles. The van der Waals surface area contributed by atoms with E-state index in [2.05, 4.69) is 5.32 Å². The molecule has 0 saturated heterocycles. The molecule has 1 rings (SSSR count). The summed E-state index contributed by atoms with van der Waals surface area (Å²) in [5.41, 5.74) is 0.538. The summed E-state index contributed by atoms with van der Waals surface area (Å²) in [4.78, 5) is 11.9. The SMILES string of the molecule is CC(C)(CCO)NCCC(=O)c1ccc(Cl)cc1. The van der Waals surface area contributed by atoms with Gasteiger partial charge in [-0.05, 0) is 44.5 Å². The molecule has 0 bridgehead atoms. The number of Topliss-reactive ketones (excluding diaryl/α,β-unsaturated/α-hetero) is 1. The molecule has 0 aliphatic heterocycles. The Labute approximate surface area is 113 Å². The maximum atomic E-state index is 11.9. The lowest BCUT2D eigenvalue weighted by Crippen LogP contribution is -2.41. The smallest absolute Gasteiger partial charge is 0.164 e. The monoisotopic (exact) mass is 269 g/mol. The Kier molecular flexibility index (Phi) is 5.79. The van der Waals surface area contributed by atoms with E-state index >= 15 is 0 Å². The van der Waals surface area contributed by atoms with Gasteiger partial charge >= 0.3 is 0 Å². The second kappa shape index (κ2) is 6.88. The van der Waals surface area contributed by atoms with Gasteiger partial charge in [-0.2, -0.15) is 0 Å². The van der Waals surface area contributed by atoms with Crippen molar-refractivity contribution in [2.75, 3.05) is 13.2 Å². The van der Waals surface area contributed by atoms with Crippen LogP contribution in [0.15, 0.2) is 24.3 Å². The molecule has 18 heavy (non-hydrogen) atoms. The third kappa shape index (κ3) is 5.17. The maximum absolute atomic E-state index is 11.9. The minimum Gasteiger partial charge on any atom is -0.396 e. The summed E-state index contributed by atoms with van der Waals surface area (Å²) in [5, 5.41) is 12.8. The average molecular weight is 270 g/mol. The van der Waals surface area contributed by atoms with Crippen molar-refractivity contribution in [2.45, 2.75) is 32.2 Å². The molecule has 4 heteroatoms. The van der Waals surface area contributed by atoms with E-state index in [0.717, 1.165) is 0 Å². The molecule has 1 aromatic rings. The van der Waals surface area contributed by atoms with Crippen molar-refractivity contribution in [1.29, 1.82) is 0 Å². The molecule has 100 valence electrons. The molecular formula is C14H20ClNO2. The molecule has 3 nitrogen and oxygen atoms in total. The molecule has 0 aromatic heterocycles. The number of rotatable bonds is 7. The van der Waals surface area contributed by atoms with Crippen molar-refractivity contribution >= 4 is 17.4 Å². The molecule has 0 unspecified atom stereocenters. The van der Waals surface area contributed by atoms with E-state index in [4.69, 9.17) is 16.7 Å². The number of hydrogen-bond acceptors (Lipinski definition) is 3. The Morgan fingerprint density at radius 1 is 1.33 bits per heavy atom. The van der Waals surface area contributed by atoms with Gasteiger partial charge in [-0.3, -0.25) is 4.79 Å². The lowest BCUT2D eigenvalue weighted by Gasteiger charge is -2.25. The number of carbonyl (C=O) groups excluding carboxylic acids is 1. The van der Waals surface area contributed by atoms with Crippen LogP contribution in [0, 0.1) is 0 Å². The number of carbonyl (C=O) groups is 1. The van der Waals surface area contributed by atoms with E-state index < -0.39 is 0 Å². The molecule has 0 aliphatic carbocycles. The maximum Gasteiger partial charge on any atom is 0.164 e. The van der Waals surface area contributed by atoms with Gasteiger partial charge in [-0.25, -0.2) is 0 Å². The van der Waals surface area contributed by atoms with Crippen LogP contribution in [0.25, 0.3) is 0 Å². The number of halogens is 1. The first-order chi connectivity index (χ1) is 8.44. The van der Waals surface area contributed by atoms with Crippen molar-refractivity contribution in [2.24, 2.45) is 0 Å². The number of benzene rings is 1. The van der Waals surface area contributed by atoms with Crippen LogP contribution in [0.1, 0.15) is 37.0 Å². The predicted octanol–water partition coefficient (Wildman–Crippen LogP) is 2.66. The molecular weight excluding hydrogens is 250 g/mol. The first-order valence-electron chi connectivity index (χ1n) is 6.09. The quantitative estimate of drug-likeness (QED) is 0.748. The second-order valence-electron chi connectivity index (χ2n) is 4.96. The molecule has 0 spiro atoms. The fourth-order valence-electron chi connectivity index (χ4n) is 1.66. The predicted molar refractivity (Wildman–Crippen MR) is 74.2 cm³/mol. The average Bonchev–Trinajstić information content (AvgIpc) is 2.29.